The first-order valence-electron chi connectivity index (χ1n) is 18.3. The zero-order valence-corrected chi connectivity index (χ0v) is 32.3. The smallest absolute Gasteiger partial charge is 0.360 e. The average molecular weight is 799 g/mol. The number of carbonyl (C=O) groups is 3. The van der Waals surface area contributed by atoms with E-state index in [1.54, 1.807) is 19.9 Å². The number of benzene rings is 4. The number of aromatic nitrogens is 5. The molecule has 0 radical (unpaired) electrons. The Morgan fingerprint density at radius 3 is 2.00 bits per heavy atom. The summed E-state index contributed by atoms with van der Waals surface area (Å²) in [7, 11) is 0. The minimum atomic E-state index is -0.483. The highest BCUT2D eigenvalue weighted by Crippen LogP contribution is 2.28. The van der Waals surface area contributed by atoms with E-state index in [0.717, 1.165) is 50.7 Å². The summed E-state index contributed by atoms with van der Waals surface area (Å²) in [5.41, 5.74) is 8.78. The fourth-order valence-corrected chi connectivity index (χ4v) is 6.31. The van der Waals surface area contributed by atoms with Crippen molar-refractivity contribution in [2.24, 2.45) is 4.99 Å². The Bertz CT molecular complexity index is 2770. The molecule has 0 fully saturated rings. The predicted molar refractivity (Wildman–Crippen MR) is 229 cm³/mol. The normalized spacial score (nSPS) is 11.2. The molecule has 9 rings (SSSR count). The van der Waals surface area contributed by atoms with Crippen LogP contribution in [0.1, 0.15) is 61.0 Å². The zero-order chi connectivity index (χ0) is 40.3. The van der Waals surface area contributed by atoms with Crippen molar-refractivity contribution in [3.8, 4) is 0 Å². The van der Waals surface area contributed by atoms with Crippen molar-refractivity contribution in [1.29, 1.82) is 0 Å². The molecule has 0 spiro atoms. The number of para-hydroxylation sites is 5. The Morgan fingerprint density at radius 2 is 1.33 bits per heavy atom. The Kier molecular flexibility index (Phi) is 14.7. The lowest BCUT2D eigenvalue weighted by Crippen LogP contribution is -2.11. The Balaban J connectivity index is 0.000000171. The molecule has 0 bridgehead atoms. The van der Waals surface area contributed by atoms with E-state index < -0.39 is 5.97 Å². The van der Waals surface area contributed by atoms with Crippen molar-refractivity contribution in [2.75, 3.05) is 19.8 Å². The number of esters is 2. The quantitative estimate of drug-likeness (QED) is 0.0744. The number of pyridine rings is 2. The van der Waals surface area contributed by atoms with Crippen LogP contribution in [-0.4, -0.2) is 73.2 Å². The van der Waals surface area contributed by atoms with Gasteiger partial charge in [-0.3, -0.25) is 19.0 Å². The van der Waals surface area contributed by atoms with Gasteiger partial charge in [0.25, 0.3) is 0 Å². The van der Waals surface area contributed by atoms with Gasteiger partial charge in [-0.1, -0.05) is 85.8 Å². The maximum absolute atomic E-state index is 12.5. The number of aliphatic imine (C=N–C) groups is 1. The molecule has 296 valence electrons. The van der Waals surface area contributed by atoms with Crippen LogP contribution in [0.3, 0.4) is 0 Å². The van der Waals surface area contributed by atoms with Crippen LogP contribution in [0.5, 0.6) is 0 Å². The van der Waals surface area contributed by atoms with Crippen LogP contribution in [-0.2, 0) is 20.7 Å². The molecule has 1 aliphatic heterocycles. The van der Waals surface area contributed by atoms with Crippen molar-refractivity contribution in [2.45, 2.75) is 41.0 Å². The van der Waals surface area contributed by atoms with Crippen LogP contribution >= 0.6 is 11.6 Å². The maximum atomic E-state index is 12.5. The first kappa shape index (κ1) is 42.5. The third kappa shape index (κ3) is 9.66. The van der Waals surface area contributed by atoms with E-state index >= 15 is 0 Å². The van der Waals surface area contributed by atoms with Gasteiger partial charge in [0.1, 0.15) is 10.7 Å². The Morgan fingerprint density at radius 1 is 0.741 bits per heavy atom. The fourth-order valence-electron chi connectivity index (χ4n) is 6.12. The molecule has 5 heterocycles. The SMILES string of the molecule is C.CCO.CCOC(=O)CC1=Nc2ccccc2C1.CCOC(=O)c1nc2cc3ccccc3nc2n2c1nc1ccccc12.O=Cc1cc2ccccc2nc1Cl. The summed E-state index contributed by atoms with van der Waals surface area (Å²) in [5.74, 6) is -0.674. The van der Waals surface area contributed by atoms with Crippen molar-refractivity contribution < 1.29 is 29.0 Å². The third-order valence-corrected chi connectivity index (χ3v) is 8.82. The second kappa shape index (κ2) is 20.0. The number of halogens is 1. The van der Waals surface area contributed by atoms with E-state index in [9.17, 15) is 14.4 Å². The second-order valence-corrected chi connectivity index (χ2v) is 12.8. The zero-order valence-electron chi connectivity index (χ0n) is 31.6. The summed E-state index contributed by atoms with van der Waals surface area (Å²) in [6.45, 7) is 6.22. The van der Waals surface area contributed by atoms with Gasteiger partial charge < -0.3 is 14.6 Å². The van der Waals surface area contributed by atoms with Crippen LogP contribution in [0.15, 0.2) is 114 Å². The molecule has 1 N–H and O–H groups in total. The molecule has 58 heavy (non-hydrogen) atoms. The number of aldehydes is 1. The molecule has 4 aromatic heterocycles. The lowest BCUT2D eigenvalue weighted by Gasteiger charge is -2.08. The third-order valence-electron chi connectivity index (χ3n) is 8.52. The van der Waals surface area contributed by atoms with Crippen LogP contribution in [0, 0.1) is 0 Å². The van der Waals surface area contributed by atoms with E-state index in [-0.39, 0.29) is 37.5 Å². The molecule has 0 amide bonds. The summed E-state index contributed by atoms with van der Waals surface area (Å²) >= 11 is 5.76. The first-order chi connectivity index (χ1) is 27.8. The maximum Gasteiger partial charge on any atom is 0.360 e. The van der Waals surface area contributed by atoms with Crippen molar-refractivity contribution in [3.63, 3.8) is 0 Å². The highest BCUT2D eigenvalue weighted by atomic mass is 35.5. The van der Waals surface area contributed by atoms with Crippen molar-refractivity contribution in [1.82, 2.24) is 24.3 Å². The van der Waals surface area contributed by atoms with Gasteiger partial charge >= 0.3 is 11.9 Å². The molecule has 13 heteroatoms. The number of hydrogen-bond donors (Lipinski definition) is 1. The minimum Gasteiger partial charge on any atom is -0.466 e. The Hall–Kier alpha value is -6.63. The highest BCUT2D eigenvalue weighted by Gasteiger charge is 2.21. The molecule has 8 aromatic rings. The molecule has 0 unspecified atom stereocenters. The van der Waals surface area contributed by atoms with Gasteiger partial charge in [0.2, 0.25) is 0 Å². The van der Waals surface area contributed by atoms with Crippen molar-refractivity contribution >= 4 is 90.9 Å². The van der Waals surface area contributed by atoms with Crippen LogP contribution in [0.4, 0.5) is 5.69 Å². The number of nitrogens with zero attached hydrogens (tertiary/aromatic N) is 6. The number of fused-ring (bicyclic) bond motifs is 8. The number of carbonyl (C=O) groups excluding carboxylic acids is 3. The number of aliphatic hydroxyl groups excluding tert-OH is 1. The number of hydrogen-bond acceptors (Lipinski definition) is 11. The summed E-state index contributed by atoms with van der Waals surface area (Å²) in [6, 6.07) is 34.7. The second-order valence-electron chi connectivity index (χ2n) is 12.4. The van der Waals surface area contributed by atoms with Crippen molar-refractivity contribution in [3.05, 3.63) is 131 Å². The van der Waals surface area contributed by atoms with Gasteiger partial charge in [-0.15, -0.1) is 0 Å². The molecule has 12 nitrogen and oxygen atoms in total. The highest BCUT2D eigenvalue weighted by molar-refractivity contribution is 6.32. The minimum absolute atomic E-state index is 0. The van der Waals surface area contributed by atoms with E-state index in [1.165, 1.54) is 5.56 Å². The summed E-state index contributed by atoms with van der Waals surface area (Å²) < 4.78 is 12.0. The number of ether oxygens (including phenoxy) is 2. The van der Waals surface area contributed by atoms with Gasteiger partial charge in [0.05, 0.1) is 53.0 Å². The molecular formula is C45H43ClN6O6. The van der Waals surface area contributed by atoms with Gasteiger partial charge in [0.15, 0.2) is 23.3 Å². The standard InChI is InChI=1S/C20H14N4O2.C12H13NO2.C10H6ClNO.C2H6O.CH4/c1-2-26-20(25)17-19-23-14-9-5-6-10-16(14)24(19)18-15(21-17)11-12-7-3-4-8-13(12)22-18;1-2-15-12(14)8-10-7-9-5-3-4-6-11(9)13-10;11-10-8(6-13)5-7-3-1-2-4-9(7)12-10;1-2-3;/h3-11H,2H2,1H3;3-6H,2,7-8H2,1H3;1-6H;3H,2H2,1H3;1H4. The van der Waals surface area contributed by atoms with Gasteiger partial charge in [-0.05, 0) is 68.8 Å². The molecule has 0 saturated carbocycles. The Labute approximate surface area is 340 Å². The number of imidazole rings is 1. The monoisotopic (exact) mass is 798 g/mol. The summed E-state index contributed by atoms with van der Waals surface area (Å²) in [6.07, 6.45) is 1.79. The van der Waals surface area contributed by atoms with Crippen LogP contribution in [0.2, 0.25) is 5.15 Å². The lowest BCUT2D eigenvalue weighted by molar-refractivity contribution is -0.141. The molecule has 4 aromatic carbocycles. The average Bonchev–Trinajstić information content (AvgIpc) is 3.82. The summed E-state index contributed by atoms with van der Waals surface area (Å²) in [5, 5.41) is 9.72. The molecule has 0 saturated heterocycles. The summed E-state index contributed by atoms with van der Waals surface area (Å²) in [4.78, 5) is 56.7. The topological polar surface area (TPSA) is 158 Å². The molecular weight excluding hydrogens is 756 g/mol. The van der Waals surface area contributed by atoms with E-state index in [1.807, 2.05) is 114 Å². The number of rotatable bonds is 6. The molecule has 0 aliphatic carbocycles. The first-order valence-corrected chi connectivity index (χ1v) is 18.7. The predicted octanol–water partition coefficient (Wildman–Crippen LogP) is 9.36. The number of aliphatic hydroxyl groups is 1. The lowest BCUT2D eigenvalue weighted by atomic mass is 10.1. The van der Waals surface area contributed by atoms with E-state index in [4.69, 9.17) is 31.2 Å². The molecule has 1 aliphatic rings. The van der Waals surface area contributed by atoms with Gasteiger partial charge in [0, 0.05) is 29.5 Å². The fraction of sp³-hybridized carbons (Fsp3) is 0.200. The van der Waals surface area contributed by atoms with E-state index in [0.29, 0.717) is 41.7 Å². The van der Waals surface area contributed by atoms with Crippen LogP contribution in [0.25, 0.3) is 49.7 Å². The van der Waals surface area contributed by atoms with Crippen LogP contribution < -0.4 is 0 Å². The van der Waals surface area contributed by atoms with Gasteiger partial charge in [-0.2, -0.15) is 0 Å². The van der Waals surface area contributed by atoms with E-state index in [2.05, 4.69) is 19.9 Å². The molecule has 0 atom stereocenters. The van der Waals surface area contributed by atoms with Gasteiger partial charge in [-0.25, -0.2) is 24.7 Å². The largest absolute Gasteiger partial charge is 0.466 e.